The Morgan fingerprint density at radius 3 is 2.20 bits per heavy atom. The standard InChI is InChI=1S/C16H15NO3/c1-11-6-8-14(9-7-11)17(2)15(18)12-4-3-5-13(10-12)16(19)20/h3-10H,1-2H3,(H,19,20). The first kappa shape index (κ1) is 13.8. The van der Waals surface area contributed by atoms with E-state index >= 15 is 0 Å². The molecule has 0 heterocycles. The molecule has 0 bridgehead atoms. The van der Waals surface area contributed by atoms with Crippen LogP contribution in [0.1, 0.15) is 26.3 Å². The lowest BCUT2D eigenvalue weighted by Gasteiger charge is -2.17. The number of carbonyl (C=O) groups is 2. The second-order valence-electron chi connectivity index (χ2n) is 4.59. The van der Waals surface area contributed by atoms with Crippen molar-refractivity contribution in [3.05, 3.63) is 65.2 Å². The zero-order valence-electron chi connectivity index (χ0n) is 11.3. The Labute approximate surface area is 117 Å². The van der Waals surface area contributed by atoms with Crippen molar-refractivity contribution in [3.8, 4) is 0 Å². The maximum Gasteiger partial charge on any atom is 0.335 e. The first-order valence-electron chi connectivity index (χ1n) is 6.17. The number of aromatic carboxylic acids is 1. The van der Waals surface area contributed by atoms with Crippen LogP contribution in [0.25, 0.3) is 0 Å². The monoisotopic (exact) mass is 269 g/mol. The fourth-order valence-corrected chi connectivity index (χ4v) is 1.86. The second-order valence-corrected chi connectivity index (χ2v) is 4.59. The van der Waals surface area contributed by atoms with Crippen LogP contribution in [0.2, 0.25) is 0 Å². The maximum atomic E-state index is 12.3. The summed E-state index contributed by atoms with van der Waals surface area (Å²) in [6.45, 7) is 1.97. The van der Waals surface area contributed by atoms with Crippen molar-refractivity contribution in [2.24, 2.45) is 0 Å². The van der Waals surface area contributed by atoms with E-state index in [9.17, 15) is 9.59 Å². The SMILES string of the molecule is Cc1ccc(N(C)C(=O)c2cccc(C(=O)O)c2)cc1. The minimum atomic E-state index is -1.04. The molecule has 0 radical (unpaired) electrons. The molecule has 1 amide bonds. The summed E-state index contributed by atoms with van der Waals surface area (Å²) in [5, 5.41) is 8.95. The van der Waals surface area contributed by atoms with Crippen molar-refractivity contribution >= 4 is 17.6 Å². The van der Waals surface area contributed by atoms with E-state index in [0.717, 1.165) is 11.3 Å². The molecule has 0 aliphatic carbocycles. The van der Waals surface area contributed by atoms with Gasteiger partial charge >= 0.3 is 5.97 Å². The highest BCUT2D eigenvalue weighted by Crippen LogP contribution is 2.17. The molecule has 0 aromatic heterocycles. The average Bonchev–Trinajstić information content (AvgIpc) is 2.46. The Balaban J connectivity index is 2.28. The molecule has 1 N–H and O–H groups in total. The summed E-state index contributed by atoms with van der Waals surface area (Å²) in [7, 11) is 1.67. The Bertz CT molecular complexity index is 647. The third-order valence-corrected chi connectivity index (χ3v) is 3.08. The van der Waals surface area contributed by atoms with Gasteiger partial charge in [-0.1, -0.05) is 23.8 Å². The minimum absolute atomic E-state index is 0.105. The van der Waals surface area contributed by atoms with E-state index in [1.807, 2.05) is 31.2 Å². The average molecular weight is 269 g/mol. The fourth-order valence-electron chi connectivity index (χ4n) is 1.86. The van der Waals surface area contributed by atoms with Gasteiger partial charge in [-0.25, -0.2) is 4.79 Å². The van der Waals surface area contributed by atoms with Crippen LogP contribution in [0.15, 0.2) is 48.5 Å². The molecular weight excluding hydrogens is 254 g/mol. The molecular formula is C16H15NO3. The van der Waals surface area contributed by atoms with Crippen molar-refractivity contribution < 1.29 is 14.7 Å². The van der Waals surface area contributed by atoms with Crippen LogP contribution in [0.5, 0.6) is 0 Å². The molecule has 2 aromatic carbocycles. The molecule has 4 heteroatoms. The molecule has 2 rings (SSSR count). The van der Waals surface area contributed by atoms with Gasteiger partial charge in [0, 0.05) is 18.3 Å². The van der Waals surface area contributed by atoms with Gasteiger partial charge in [-0.3, -0.25) is 4.79 Å². The van der Waals surface area contributed by atoms with Crippen LogP contribution in [0, 0.1) is 6.92 Å². The van der Waals surface area contributed by atoms with E-state index in [1.54, 1.807) is 19.2 Å². The van der Waals surface area contributed by atoms with E-state index in [4.69, 9.17) is 5.11 Å². The first-order valence-corrected chi connectivity index (χ1v) is 6.17. The van der Waals surface area contributed by atoms with Crippen molar-refractivity contribution in [1.82, 2.24) is 0 Å². The number of carbonyl (C=O) groups excluding carboxylic acids is 1. The topological polar surface area (TPSA) is 57.6 Å². The zero-order chi connectivity index (χ0) is 14.7. The molecule has 20 heavy (non-hydrogen) atoms. The van der Waals surface area contributed by atoms with Crippen LogP contribution in [0.4, 0.5) is 5.69 Å². The molecule has 0 aliphatic heterocycles. The van der Waals surface area contributed by atoms with Crippen molar-refractivity contribution in [1.29, 1.82) is 0 Å². The molecule has 0 aliphatic rings. The Hall–Kier alpha value is -2.62. The predicted molar refractivity (Wildman–Crippen MR) is 77.3 cm³/mol. The molecule has 0 unspecified atom stereocenters. The first-order chi connectivity index (χ1) is 9.49. The summed E-state index contributed by atoms with van der Waals surface area (Å²) in [4.78, 5) is 24.8. The number of anilines is 1. The van der Waals surface area contributed by atoms with Gasteiger partial charge in [0.15, 0.2) is 0 Å². The minimum Gasteiger partial charge on any atom is -0.478 e. The van der Waals surface area contributed by atoms with Gasteiger partial charge < -0.3 is 10.0 Å². The highest BCUT2D eigenvalue weighted by molar-refractivity contribution is 6.06. The van der Waals surface area contributed by atoms with Crippen LogP contribution in [-0.4, -0.2) is 24.0 Å². The number of amides is 1. The van der Waals surface area contributed by atoms with Crippen LogP contribution >= 0.6 is 0 Å². The van der Waals surface area contributed by atoms with Gasteiger partial charge in [0.2, 0.25) is 0 Å². The summed E-state index contributed by atoms with van der Waals surface area (Å²) < 4.78 is 0. The van der Waals surface area contributed by atoms with Gasteiger partial charge in [0.1, 0.15) is 0 Å². The molecule has 0 spiro atoms. The van der Waals surface area contributed by atoms with Gasteiger partial charge in [-0.15, -0.1) is 0 Å². The van der Waals surface area contributed by atoms with Crippen LogP contribution < -0.4 is 4.90 Å². The van der Waals surface area contributed by atoms with Crippen LogP contribution in [-0.2, 0) is 0 Å². The highest BCUT2D eigenvalue weighted by Gasteiger charge is 2.15. The molecule has 0 saturated carbocycles. The van der Waals surface area contributed by atoms with Gasteiger partial charge in [0.25, 0.3) is 5.91 Å². The van der Waals surface area contributed by atoms with Gasteiger partial charge in [-0.05, 0) is 37.3 Å². The number of carboxylic acid groups (broad SMARTS) is 1. The summed E-state index contributed by atoms with van der Waals surface area (Å²) in [6.07, 6.45) is 0. The van der Waals surface area contributed by atoms with Crippen molar-refractivity contribution in [3.63, 3.8) is 0 Å². The quantitative estimate of drug-likeness (QED) is 0.932. The van der Waals surface area contributed by atoms with Crippen LogP contribution in [0.3, 0.4) is 0 Å². The summed E-state index contributed by atoms with van der Waals surface area (Å²) in [5.74, 6) is -1.28. The Kier molecular flexibility index (Phi) is 3.84. The number of nitrogens with zero attached hydrogens (tertiary/aromatic N) is 1. The zero-order valence-corrected chi connectivity index (χ0v) is 11.3. The molecule has 0 atom stereocenters. The Morgan fingerprint density at radius 2 is 1.60 bits per heavy atom. The summed E-state index contributed by atoms with van der Waals surface area (Å²) in [6, 6.07) is 13.6. The maximum absolute atomic E-state index is 12.3. The number of aryl methyl sites for hydroxylation is 1. The van der Waals surface area contributed by atoms with E-state index in [2.05, 4.69) is 0 Å². The fraction of sp³-hybridized carbons (Fsp3) is 0.125. The predicted octanol–water partition coefficient (Wildman–Crippen LogP) is 2.97. The lowest BCUT2D eigenvalue weighted by atomic mass is 10.1. The second kappa shape index (κ2) is 5.57. The number of hydrogen-bond acceptors (Lipinski definition) is 2. The van der Waals surface area contributed by atoms with Crippen molar-refractivity contribution in [2.45, 2.75) is 6.92 Å². The molecule has 4 nitrogen and oxygen atoms in total. The lowest BCUT2D eigenvalue weighted by molar-refractivity contribution is 0.0697. The Morgan fingerprint density at radius 1 is 1.00 bits per heavy atom. The molecule has 0 saturated heterocycles. The van der Waals surface area contributed by atoms with E-state index in [1.165, 1.54) is 17.0 Å². The highest BCUT2D eigenvalue weighted by atomic mass is 16.4. The summed E-state index contributed by atoms with van der Waals surface area (Å²) in [5.41, 5.74) is 2.34. The molecule has 0 fully saturated rings. The molecule has 102 valence electrons. The van der Waals surface area contributed by atoms with Gasteiger partial charge in [0.05, 0.1) is 5.56 Å². The van der Waals surface area contributed by atoms with E-state index in [-0.39, 0.29) is 11.5 Å². The number of rotatable bonds is 3. The van der Waals surface area contributed by atoms with Gasteiger partial charge in [-0.2, -0.15) is 0 Å². The normalized spacial score (nSPS) is 10.1. The lowest BCUT2D eigenvalue weighted by Crippen LogP contribution is -2.26. The van der Waals surface area contributed by atoms with Crippen molar-refractivity contribution in [2.75, 3.05) is 11.9 Å². The number of benzene rings is 2. The third kappa shape index (κ3) is 2.85. The summed E-state index contributed by atoms with van der Waals surface area (Å²) >= 11 is 0. The smallest absolute Gasteiger partial charge is 0.335 e. The number of carboxylic acids is 1. The van der Waals surface area contributed by atoms with E-state index < -0.39 is 5.97 Å². The number of hydrogen-bond donors (Lipinski definition) is 1. The largest absolute Gasteiger partial charge is 0.478 e. The third-order valence-electron chi connectivity index (χ3n) is 3.08. The van der Waals surface area contributed by atoms with E-state index in [0.29, 0.717) is 5.56 Å². The molecule has 2 aromatic rings.